The third-order valence-corrected chi connectivity index (χ3v) is 3.41. The number of hydrogen-bond donors (Lipinski definition) is 1. The van der Waals surface area contributed by atoms with Crippen LogP contribution in [0.1, 0.15) is 12.0 Å². The van der Waals surface area contributed by atoms with Crippen molar-refractivity contribution >= 4 is 18.0 Å². The lowest BCUT2D eigenvalue weighted by molar-refractivity contribution is 0.183. The van der Waals surface area contributed by atoms with E-state index in [0.29, 0.717) is 18.4 Å². The zero-order valence-electron chi connectivity index (χ0n) is 9.72. The second kappa shape index (κ2) is 4.59. The average Bonchev–Trinajstić information content (AvgIpc) is 2.29. The highest BCUT2D eigenvalue weighted by Gasteiger charge is 2.30. The van der Waals surface area contributed by atoms with E-state index in [0.717, 1.165) is 24.3 Å². The number of ether oxygens (including phenoxy) is 1. The van der Waals surface area contributed by atoms with E-state index in [-0.39, 0.29) is 12.4 Å². The first kappa shape index (κ1) is 12.3. The predicted octanol–water partition coefficient (Wildman–Crippen LogP) is 2.29. The summed E-state index contributed by atoms with van der Waals surface area (Å²) in [6, 6.07) is 5.65. The van der Waals surface area contributed by atoms with E-state index in [9.17, 15) is 5.11 Å². The van der Waals surface area contributed by atoms with Gasteiger partial charge in [0.05, 0.1) is 6.04 Å². The summed E-state index contributed by atoms with van der Waals surface area (Å²) < 4.78 is 5.72. The minimum Gasteiger partial charge on any atom is -0.508 e. The van der Waals surface area contributed by atoms with Gasteiger partial charge < -0.3 is 9.84 Å². The summed E-state index contributed by atoms with van der Waals surface area (Å²) in [5.74, 6) is 1.19. The number of phenolic OH excluding ortho intramolecular Hbond substituents is 1. The number of fused-ring (bicyclic) bond motifs is 3. The third kappa shape index (κ3) is 2.01. The Morgan fingerprint density at radius 2 is 2.24 bits per heavy atom. The number of halogens is 1. The van der Waals surface area contributed by atoms with Gasteiger partial charge in [0.25, 0.3) is 0 Å². The lowest BCUT2D eigenvalue weighted by atomic mass is 9.91. The van der Waals surface area contributed by atoms with Gasteiger partial charge in [-0.2, -0.15) is 0 Å². The third-order valence-electron chi connectivity index (χ3n) is 3.41. The maximum absolute atomic E-state index is 9.55. The molecule has 3 nitrogen and oxygen atoms in total. The van der Waals surface area contributed by atoms with Gasteiger partial charge in [0.15, 0.2) is 0 Å². The molecule has 4 heteroatoms. The average molecular weight is 254 g/mol. The first-order chi connectivity index (χ1) is 7.75. The van der Waals surface area contributed by atoms with Crippen molar-refractivity contribution in [1.29, 1.82) is 0 Å². The van der Waals surface area contributed by atoms with E-state index in [2.05, 4.69) is 18.0 Å². The van der Waals surface area contributed by atoms with E-state index in [1.165, 1.54) is 5.57 Å². The van der Waals surface area contributed by atoms with Crippen LogP contribution in [0.3, 0.4) is 0 Å². The van der Waals surface area contributed by atoms with Crippen LogP contribution in [0.4, 0.5) is 0 Å². The van der Waals surface area contributed by atoms with Gasteiger partial charge in [-0.15, -0.1) is 12.4 Å². The van der Waals surface area contributed by atoms with E-state index in [1.54, 1.807) is 12.1 Å². The van der Waals surface area contributed by atoms with E-state index in [1.807, 2.05) is 6.07 Å². The lowest BCUT2D eigenvalue weighted by Crippen LogP contribution is -2.42. The first-order valence-electron chi connectivity index (χ1n) is 5.62. The molecule has 0 spiro atoms. The van der Waals surface area contributed by atoms with Crippen LogP contribution in [0.2, 0.25) is 0 Å². The van der Waals surface area contributed by atoms with E-state index < -0.39 is 0 Å². The molecule has 2 aliphatic rings. The zero-order chi connectivity index (χ0) is 11.1. The largest absolute Gasteiger partial charge is 0.508 e. The quantitative estimate of drug-likeness (QED) is 0.770. The monoisotopic (exact) mass is 253 g/mol. The van der Waals surface area contributed by atoms with Crippen LogP contribution < -0.4 is 4.74 Å². The van der Waals surface area contributed by atoms with Crippen LogP contribution >= 0.6 is 12.4 Å². The first-order valence-corrected chi connectivity index (χ1v) is 5.62. The molecule has 1 atom stereocenters. The van der Waals surface area contributed by atoms with Crippen molar-refractivity contribution in [1.82, 2.24) is 4.90 Å². The van der Waals surface area contributed by atoms with Crippen LogP contribution in [0, 0.1) is 0 Å². The molecule has 0 fully saturated rings. The molecule has 0 saturated carbocycles. The Morgan fingerprint density at radius 3 is 3.06 bits per heavy atom. The van der Waals surface area contributed by atoms with Gasteiger partial charge in [-0.25, -0.2) is 0 Å². The van der Waals surface area contributed by atoms with Gasteiger partial charge in [-0.3, -0.25) is 4.90 Å². The van der Waals surface area contributed by atoms with Gasteiger partial charge in [0, 0.05) is 12.1 Å². The molecule has 0 radical (unpaired) electrons. The second-order valence-electron chi connectivity index (χ2n) is 4.44. The molecule has 1 aromatic rings. The van der Waals surface area contributed by atoms with Crippen LogP contribution in [-0.4, -0.2) is 36.2 Å². The Labute approximate surface area is 107 Å². The summed E-state index contributed by atoms with van der Waals surface area (Å²) in [4.78, 5) is 2.31. The SMILES string of the molecule is CN1CCC=C2c3cc(O)ccc3OCC21.Cl. The normalized spacial score (nSPS) is 22.6. The van der Waals surface area contributed by atoms with Crippen molar-refractivity contribution in [3.63, 3.8) is 0 Å². The molecule has 1 aromatic carbocycles. The van der Waals surface area contributed by atoms with Crippen LogP contribution in [0.25, 0.3) is 5.57 Å². The summed E-state index contributed by atoms with van der Waals surface area (Å²) in [7, 11) is 2.12. The molecule has 2 aliphatic heterocycles. The minimum atomic E-state index is 0. The molecule has 0 bridgehead atoms. The number of phenols is 1. The Balaban J connectivity index is 0.00000108. The van der Waals surface area contributed by atoms with Crippen molar-refractivity contribution in [3.05, 3.63) is 29.8 Å². The zero-order valence-corrected chi connectivity index (χ0v) is 10.5. The van der Waals surface area contributed by atoms with Crippen molar-refractivity contribution in [3.8, 4) is 11.5 Å². The van der Waals surface area contributed by atoms with Gasteiger partial charge in [-0.05, 0) is 37.2 Å². The Morgan fingerprint density at radius 1 is 1.41 bits per heavy atom. The fourth-order valence-corrected chi connectivity index (χ4v) is 2.50. The maximum Gasteiger partial charge on any atom is 0.127 e. The van der Waals surface area contributed by atoms with Crippen molar-refractivity contribution in [2.75, 3.05) is 20.2 Å². The number of hydrogen-bond acceptors (Lipinski definition) is 3. The number of aromatic hydroxyl groups is 1. The second-order valence-corrected chi connectivity index (χ2v) is 4.44. The van der Waals surface area contributed by atoms with Crippen LogP contribution in [0.15, 0.2) is 24.3 Å². The molecule has 0 aromatic heterocycles. The topological polar surface area (TPSA) is 32.7 Å². The van der Waals surface area contributed by atoms with Crippen LogP contribution in [-0.2, 0) is 0 Å². The molecule has 0 saturated heterocycles. The molecule has 3 rings (SSSR count). The van der Waals surface area contributed by atoms with Crippen molar-refractivity contribution < 1.29 is 9.84 Å². The molecule has 2 heterocycles. The fourth-order valence-electron chi connectivity index (χ4n) is 2.50. The summed E-state index contributed by atoms with van der Waals surface area (Å²) >= 11 is 0. The number of likely N-dealkylation sites (N-methyl/N-ethyl adjacent to an activating group) is 1. The highest BCUT2D eigenvalue weighted by atomic mass is 35.5. The maximum atomic E-state index is 9.55. The smallest absolute Gasteiger partial charge is 0.127 e. The highest BCUT2D eigenvalue weighted by molar-refractivity contribution is 5.85. The van der Waals surface area contributed by atoms with Gasteiger partial charge >= 0.3 is 0 Å². The molecule has 0 aliphatic carbocycles. The molecule has 92 valence electrons. The highest BCUT2D eigenvalue weighted by Crippen LogP contribution is 2.38. The minimum absolute atomic E-state index is 0. The van der Waals surface area contributed by atoms with Crippen molar-refractivity contribution in [2.45, 2.75) is 12.5 Å². The van der Waals surface area contributed by atoms with Crippen LogP contribution in [0.5, 0.6) is 11.5 Å². The van der Waals surface area contributed by atoms with Gasteiger partial charge in [-0.1, -0.05) is 6.08 Å². The van der Waals surface area contributed by atoms with E-state index in [4.69, 9.17) is 4.74 Å². The Hall–Kier alpha value is -1.19. The number of rotatable bonds is 0. The summed E-state index contributed by atoms with van der Waals surface area (Å²) in [5, 5.41) is 9.55. The molecule has 17 heavy (non-hydrogen) atoms. The molecule has 1 unspecified atom stereocenters. The summed E-state index contributed by atoms with van der Waals surface area (Å²) in [6.07, 6.45) is 3.34. The molecule has 0 amide bonds. The number of nitrogens with zero attached hydrogens (tertiary/aromatic N) is 1. The summed E-state index contributed by atoms with van der Waals surface area (Å²) in [5.41, 5.74) is 2.34. The number of benzene rings is 1. The molecular weight excluding hydrogens is 238 g/mol. The lowest BCUT2D eigenvalue weighted by Gasteiger charge is -2.37. The van der Waals surface area contributed by atoms with Crippen molar-refractivity contribution in [2.24, 2.45) is 0 Å². The van der Waals surface area contributed by atoms with Gasteiger partial charge in [0.2, 0.25) is 0 Å². The standard InChI is InChI=1S/C13H15NO2.ClH/c1-14-6-2-3-10-11-7-9(15)4-5-13(11)16-8-12(10)14;/h3-5,7,12,15H,2,6,8H2,1H3;1H. The van der Waals surface area contributed by atoms with Gasteiger partial charge in [0.1, 0.15) is 18.1 Å². The fraction of sp³-hybridized carbons (Fsp3) is 0.385. The molecule has 1 N–H and O–H groups in total. The van der Waals surface area contributed by atoms with E-state index >= 15 is 0 Å². The Kier molecular flexibility index (Phi) is 3.31. The predicted molar refractivity (Wildman–Crippen MR) is 69.9 cm³/mol. The Bertz CT molecular complexity index is 459. The molecular formula is C13H16ClNO2. The summed E-state index contributed by atoms with van der Waals surface area (Å²) in [6.45, 7) is 1.78.